The van der Waals surface area contributed by atoms with Crippen LogP contribution in [0.15, 0.2) is 82.4 Å². The van der Waals surface area contributed by atoms with Crippen molar-refractivity contribution in [3.63, 3.8) is 0 Å². The van der Waals surface area contributed by atoms with Gasteiger partial charge in [0.15, 0.2) is 0 Å². The van der Waals surface area contributed by atoms with Crippen LogP contribution < -0.4 is 10.2 Å². The van der Waals surface area contributed by atoms with Gasteiger partial charge in [-0.15, -0.1) is 0 Å². The second kappa shape index (κ2) is 9.57. The summed E-state index contributed by atoms with van der Waals surface area (Å²) in [5, 5.41) is 14.7. The van der Waals surface area contributed by atoms with Crippen molar-refractivity contribution in [1.29, 1.82) is 0 Å². The first-order valence-corrected chi connectivity index (χ1v) is 9.38. The zero-order valence-electron chi connectivity index (χ0n) is 15.3. The predicted octanol–water partition coefficient (Wildman–Crippen LogP) is 4.34. The summed E-state index contributed by atoms with van der Waals surface area (Å²) < 4.78 is 5.88. The van der Waals surface area contributed by atoms with Crippen LogP contribution in [0.25, 0.3) is 0 Å². The number of nitro groups is 1. The number of esters is 1. The molecule has 150 valence electrons. The van der Waals surface area contributed by atoms with Crippen molar-refractivity contribution >= 4 is 39.7 Å². The summed E-state index contributed by atoms with van der Waals surface area (Å²) in [4.78, 5) is 34.5. The zero-order valence-corrected chi connectivity index (χ0v) is 16.9. The minimum Gasteiger partial charge on any atom is -0.423 e. The van der Waals surface area contributed by atoms with E-state index < -0.39 is 10.9 Å². The molecule has 0 bridgehead atoms. The molecule has 0 aliphatic carbocycles. The van der Waals surface area contributed by atoms with Gasteiger partial charge < -0.3 is 4.74 Å². The molecule has 0 radical (unpaired) electrons. The van der Waals surface area contributed by atoms with Crippen molar-refractivity contribution in [2.45, 2.75) is 0 Å². The number of nitrogens with zero attached hydrogens (tertiary/aromatic N) is 2. The van der Waals surface area contributed by atoms with Crippen molar-refractivity contribution in [2.24, 2.45) is 5.10 Å². The first-order chi connectivity index (χ1) is 14.4. The maximum absolute atomic E-state index is 12.2. The smallest absolute Gasteiger partial charge is 0.343 e. The molecule has 0 saturated carbocycles. The van der Waals surface area contributed by atoms with Crippen molar-refractivity contribution in [2.75, 3.05) is 0 Å². The fourth-order valence-corrected chi connectivity index (χ4v) is 2.87. The number of benzene rings is 3. The number of nitro benzene ring substituents is 1. The van der Waals surface area contributed by atoms with Crippen LogP contribution in [-0.4, -0.2) is 23.0 Å². The minimum atomic E-state index is -0.708. The lowest BCUT2D eigenvalue weighted by Crippen LogP contribution is -2.18. The van der Waals surface area contributed by atoms with E-state index in [0.717, 1.165) is 6.07 Å². The molecule has 0 heterocycles. The number of rotatable bonds is 6. The van der Waals surface area contributed by atoms with Crippen molar-refractivity contribution in [3.05, 3.63) is 104 Å². The highest BCUT2D eigenvalue weighted by molar-refractivity contribution is 9.10. The van der Waals surface area contributed by atoms with Crippen molar-refractivity contribution < 1.29 is 19.2 Å². The number of nitrogens with one attached hydrogen (secondary N) is 1. The van der Waals surface area contributed by atoms with E-state index in [0.29, 0.717) is 15.6 Å². The molecule has 0 saturated heterocycles. The van der Waals surface area contributed by atoms with E-state index in [1.54, 1.807) is 48.5 Å². The van der Waals surface area contributed by atoms with E-state index in [4.69, 9.17) is 4.74 Å². The summed E-state index contributed by atoms with van der Waals surface area (Å²) >= 11 is 3.30. The maximum atomic E-state index is 12.2. The monoisotopic (exact) mass is 467 g/mol. The fraction of sp³-hybridized carbons (Fsp3) is 0. The van der Waals surface area contributed by atoms with Crippen molar-refractivity contribution in [1.82, 2.24) is 5.43 Å². The highest BCUT2D eigenvalue weighted by atomic mass is 79.9. The Kier molecular flexibility index (Phi) is 6.66. The molecule has 9 heteroatoms. The van der Waals surface area contributed by atoms with E-state index in [1.807, 2.05) is 0 Å². The number of carbonyl (C=O) groups excluding carboxylic acids is 2. The Balaban J connectivity index is 1.59. The number of halogens is 1. The molecule has 30 heavy (non-hydrogen) atoms. The predicted molar refractivity (Wildman–Crippen MR) is 114 cm³/mol. The molecule has 0 atom stereocenters. The van der Waals surface area contributed by atoms with Crippen LogP contribution in [0.2, 0.25) is 0 Å². The molecule has 0 unspecified atom stereocenters. The summed E-state index contributed by atoms with van der Waals surface area (Å²) in [6, 6.07) is 18.6. The van der Waals surface area contributed by atoms with Gasteiger partial charge in [-0.1, -0.05) is 18.2 Å². The Morgan fingerprint density at radius 2 is 1.77 bits per heavy atom. The number of ether oxygens (including phenoxy) is 1. The third-order valence-electron chi connectivity index (χ3n) is 3.88. The highest BCUT2D eigenvalue weighted by Crippen LogP contribution is 2.17. The van der Waals surface area contributed by atoms with Crippen LogP contribution in [0, 0.1) is 10.1 Å². The number of amides is 1. The molecule has 0 aliphatic rings. The lowest BCUT2D eigenvalue weighted by molar-refractivity contribution is -0.384. The second-order valence-corrected chi connectivity index (χ2v) is 6.80. The Morgan fingerprint density at radius 1 is 1.03 bits per heavy atom. The molecule has 0 aliphatic heterocycles. The molecule has 3 aromatic carbocycles. The van der Waals surface area contributed by atoms with E-state index in [2.05, 4.69) is 26.5 Å². The van der Waals surface area contributed by atoms with Crippen molar-refractivity contribution in [3.8, 4) is 5.75 Å². The number of hydrogen-bond acceptors (Lipinski definition) is 6. The summed E-state index contributed by atoms with van der Waals surface area (Å²) in [7, 11) is 0. The van der Waals surface area contributed by atoms with E-state index in [1.165, 1.54) is 24.4 Å². The first-order valence-electron chi connectivity index (χ1n) is 8.58. The molecular formula is C21H14BrN3O5. The van der Waals surface area contributed by atoms with Crippen LogP contribution >= 0.6 is 15.9 Å². The summed E-state index contributed by atoms with van der Waals surface area (Å²) in [6.45, 7) is 0. The summed E-state index contributed by atoms with van der Waals surface area (Å²) in [5.41, 5.74) is 3.43. The van der Waals surface area contributed by atoms with Gasteiger partial charge >= 0.3 is 5.97 Å². The first kappa shape index (κ1) is 20.9. The van der Waals surface area contributed by atoms with Gasteiger partial charge in [0, 0.05) is 16.6 Å². The number of carbonyl (C=O) groups is 2. The molecule has 0 spiro atoms. The van der Waals surface area contributed by atoms with Gasteiger partial charge in [0.05, 0.1) is 22.3 Å². The van der Waals surface area contributed by atoms with Crippen LogP contribution in [0.3, 0.4) is 0 Å². The molecule has 0 fully saturated rings. The highest BCUT2D eigenvalue weighted by Gasteiger charge is 2.13. The molecule has 3 aromatic rings. The fourth-order valence-electron chi connectivity index (χ4n) is 2.41. The van der Waals surface area contributed by atoms with Crippen LogP contribution in [-0.2, 0) is 0 Å². The van der Waals surface area contributed by atoms with Crippen LogP contribution in [0.5, 0.6) is 5.75 Å². The van der Waals surface area contributed by atoms with Gasteiger partial charge in [-0.2, -0.15) is 5.10 Å². The SMILES string of the molecule is O=C(Oc1ccc(/C=N/NC(=O)c2ccccc2Br)cc1)c1cccc([N+](=O)[O-])c1. The van der Waals surface area contributed by atoms with Gasteiger partial charge in [0.1, 0.15) is 5.75 Å². The number of hydrogen-bond donors (Lipinski definition) is 1. The zero-order chi connectivity index (χ0) is 21.5. The third kappa shape index (κ3) is 5.36. The van der Waals surface area contributed by atoms with Gasteiger partial charge in [0.2, 0.25) is 0 Å². The average molecular weight is 468 g/mol. The molecule has 8 nitrogen and oxygen atoms in total. The van der Waals surface area contributed by atoms with Gasteiger partial charge in [-0.25, -0.2) is 10.2 Å². The maximum Gasteiger partial charge on any atom is 0.343 e. The van der Waals surface area contributed by atoms with E-state index in [9.17, 15) is 19.7 Å². The van der Waals surface area contributed by atoms with Gasteiger partial charge in [0.25, 0.3) is 11.6 Å². The Morgan fingerprint density at radius 3 is 2.47 bits per heavy atom. The Labute approximate surface area is 179 Å². The molecular weight excluding hydrogens is 454 g/mol. The summed E-state index contributed by atoms with van der Waals surface area (Å²) in [5.74, 6) is -0.803. The molecule has 1 amide bonds. The van der Waals surface area contributed by atoms with E-state index >= 15 is 0 Å². The lowest BCUT2D eigenvalue weighted by atomic mass is 10.2. The van der Waals surface area contributed by atoms with Crippen LogP contribution in [0.1, 0.15) is 26.3 Å². The Hall–Kier alpha value is -3.85. The summed E-state index contributed by atoms with van der Waals surface area (Å²) in [6.07, 6.45) is 1.45. The second-order valence-electron chi connectivity index (χ2n) is 5.94. The molecule has 0 aromatic heterocycles. The quantitative estimate of drug-likeness (QED) is 0.190. The van der Waals surface area contributed by atoms with E-state index in [-0.39, 0.29) is 22.9 Å². The van der Waals surface area contributed by atoms with Crippen LogP contribution in [0.4, 0.5) is 5.69 Å². The average Bonchev–Trinajstić information content (AvgIpc) is 2.75. The molecule has 3 rings (SSSR count). The largest absolute Gasteiger partial charge is 0.423 e. The topological polar surface area (TPSA) is 111 Å². The minimum absolute atomic E-state index is 0.0737. The number of hydrazone groups is 1. The standard InChI is InChI=1S/C21H14BrN3O5/c22-19-7-2-1-6-18(19)20(26)24-23-13-14-8-10-17(11-9-14)30-21(27)15-4-3-5-16(12-15)25(28)29/h1-13H,(H,24,26)/b23-13+. The van der Waals surface area contributed by atoms with Gasteiger partial charge in [-0.05, 0) is 64.0 Å². The van der Waals surface area contributed by atoms with Gasteiger partial charge in [-0.3, -0.25) is 14.9 Å². The third-order valence-corrected chi connectivity index (χ3v) is 4.57. The normalized spacial score (nSPS) is 10.6. The molecule has 1 N–H and O–H groups in total. The Bertz CT molecular complexity index is 1130. The lowest BCUT2D eigenvalue weighted by Gasteiger charge is -2.05. The number of non-ortho nitro benzene ring substituents is 1.